The Bertz CT molecular complexity index is 1450. The van der Waals surface area contributed by atoms with Crippen LogP contribution in [-0.2, 0) is 17.9 Å². The van der Waals surface area contributed by atoms with Crippen molar-refractivity contribution in [3.05, 3.63) is 143 Å². The molecule has 0 fully saturated rings. The molecular weight excluding hydrogens is 452 g/mol. The molecule has 0 unspecified atom stereocenters. The number of hydrogen-bond donors (Lipinski definition) is 1. The van der Waals surface area contributed by atoms with Crippen molar-refractivity contribution in [1.29, 1.82) is 0 Å². The van der Waals surface area contributed by atoms with Gasteiger partial charge in [0.2, 0.25) is 5.91 Å². The van der Waals surface area contributed by atoms with Crippen molar-refractivity contribution in [2.24, 2.45) is 0 Å². The van der Waals surface area contributed by atoms with Gasteiger partial charge in [-0.05, 0) is 41.2 Å². The predicted octanol–water partition coefficient (Wildman–Crippen LogP) is 7.59. The molecule has 5 aromatic rings. The first-order chi connectivity index (χ1) is 18.1. The van der Waals surface area contributed by atoms with Crippen LogP contribution in [0.5, 0.6) is 0 Å². The van der Waals surface area contributed by atoms with Gasteiger partial charge >= 0.3 is 0 Å². The van der Waals surface area contributed by atoms with Gasteiger partial charge in [0.05, 0.1) is 0 Å². The average Bonchev–Trinajstić information content (AvgIpc) is 3.30. The largest absolute Gasteiger partial charge is 0.352 e. The maximum Gasteiger partial charge on any atom is 0.220 e. The number of rotatable bonds is 9. The van der Waals surface area contributed by atoms with Gasteiger partial charge in [-0.25, -0.2) is 0 Å². The van der Waals surface area contributed by atoms with Crippen LogP contribution in [0, 0.1) is 6.92 Å². The second-order valence-corrected chi connectivity index (χ2v) is 9.99. The van der Waals surface area contributed by atoms with Crippen molar-refractivity contribution < 1.29 is 4.79 Å². The Hall–Kier alpha value is -4.11. The third-order valence-corrected chi connectivity index (χ3v) is 7.36. The topological polar surface area (TPSA) is 34.0 Å². The lowest BCUT2D eigenvalue weighted by molar-refractivity contribution is -0.121. The Balaban J connectivity index is 1.48. The second-order valence-electron chi connectivity index (χ2n) is 9.99. The van der Waals surface area contributed by atoms with Crippen molar-refractivity contribution in [2.45, 2.75) is 45.2 Å². The van der Waals surface area contributed by atoms with Crippen LogP contribution < -0.4 is 5.32 Å². The van der Waals surface area contributed by atoms with Gasteiger partial charge in [-0.15, -0.1) is 0 Å². The molecule has 37 heavy (non-hydrogen) atoms. The standard InChI is InChI=1S/C34H34N2O/c1-25-17-19-28(20-18-25)23-36-24-32(30-15-9-10-16-33(30)36)31(26(2)29-13-7-4-8-14-29)21-34(37)35-22-27-11-5-3-6-12-27/h3-20,24,26,31H,21-23H2,1-2H3,(H,35,37)/t26-,31-/m1/s1. The summed E-state index contributed by atoms with van der Waals surface area (Å²) in [5, 5.41) is 4.38. The van der Waals surface area contributed by atoms with E-state index in [1.54, 1.807) is 0 Å². The van der Waals surface area contributed by atoms with Gasteiger partial charge in [0.15, 0.2) is 0 Å². The lowest BCUT2D eigenvalue weighted by Gasteiger charge is -2.24. The summed E-state index contributed by atoms with van der Waals surface area (Å²) in [6.45, 7) is 5.71. The lowest BCUT2D eigenvalue weighted by atomic mass is 9.80. The third-order valence-electron chi connectivity index (χ3n) is 7.36. The highest BCUT2D eigenvalue weighted by molar-refractivity contribution is 5.86. The van der Waals surface area contributed by atoms with E-state index < -0.39 is 0 Å². The molecule has 0 radical (unpaired) electrons. The van der Waals surface area contributed by atoms with Crippen molar-refractivity contribution in [2.75, 3.05) is 0 Å². The number of aromatic nitrogens is 1. The van der Waals surface area contributed by atoms with Gasteiger partial charge in [-0.3, -0.25) is 4.79 Å². The smallest absolute Gasteiger partial charge is 0.220 e. The number of carbonyl (C=O) groups excluding carboxylic acids is 1. The van der Waals surface area contributed by atoms with Crippen molar-refractivity contribution in [3.8, 4) is 0 Å². The third kappa shape index (κ3) is 5.83. The normalized spacial score (nSPS) is 12.8. The van der Waals surface area contributed by atoms with Gasteiger partial charge < -0.3 is 9.88 Å². The van der Waals surface area contributed by atoms with Gasteiger partial charge in [0.25, 0.3) is 0 Å². The number of nitrogens with zero attached hydrogens (tertiary/aromatic N) is 1. The zero-order chi connectivity index (χ0) is 25.6. The summed E-state index contributed by atoms with van der Waals surface area (Å²) in [6, 6.07) is 38.0. The molecule has 0 aliphatic rings. The highest BCUT2D eigenvalue weighted by Gasteiger charge is 2.27. The monoisotopic (exact) mass is 486 g/mol. The summed E-state index contributed by atoms with van der Waals surface area (Å²) in [4.78, 5) is 13.3. The first kappa shape index (κ1) is 24.6. The zero-order valence-electron chi connectivity index (χ0n) is 21.6. The van der Waals surface area contributed by atoms with Crippen molar-refractivity contribution >= 4 is 16.8 Å². The van der Waals surface area contributed by atoms with Crippen LogP contribution in [-0.4, -0.2) is 10.5 Å². The fourth-order valence-electron chi connectivity index (χ4n) is 5.21. The number of carbonyl (C=O) groups is 1. The van der Waals surface area contributed by atoms with E-state index >= 15 is 0 Å². The summed E-state index contributed by atoms with van der Waals surface area (Å²) in [6.07, 6.45) is 2.71. The highest BCUT2D eigenvalue weighted by atomic mass is 16.1. The number of aryl methyl sites for hydroxylation is 1. The summed E-state index contributed by atoms with van der Waals surface area (Å²) in [7, 11) is 0. The van der Waals surface area contributed by atoms with E-state index in [2.05, 4.69) is 103 Å². The Kier molecular flexibility index (Phi) is 7.51. The van der Waals surface area contributed by atoms with Crippen LogP contribution in [0.4, 0.5) is 0 Å². The molecule has 1 aromatic heterocycles. The van der Waals surface area contributed by atoms with Crippen LogP contribution in [0.15, 0.2) is 115 Å². The van der Waals surface area contributed by atoms with Gasteiger partial charge in [0, 0.05) is 42.5 Å². The first-order valence-electron chi connectivity index (χ1n) is 13.1. The fourth-order valence-corrected chi connectivity index (χ4v) is 5.21. The molecule has 0 aliphatic carbocycles. The van der Waals surface area contributed by atoms with Crippen molar-refractivity contribution in [3.63, 3.8) is 0 Å². The molecular formula is C34H34N2O. The Labute approximate surface area is 219 Å². The highest BCUT2D eigenvalue weighted by Crippen LogP contribution is 2.40. The number of fused-ring (bicyclic) bond motifs is 1. The van der Waals surface area contributed by atoms with Gasteiger partial charge in [-0.1, -0.05) is 116 Å². The molecule has 0 aliphatic heterocycles. The quantitative estimate of drug-likeness (QED) is 0.229. The van der Waals surface area contributed by atoms with E-state index in [0.29, 0.717) is 13.0 Å². The minimum absolute atomic E-state index is 0.0438. The van der Waals surface area contributed by atoms with E-state index in [9.17, 15) is 4.79 Å². The summed E-state index contributed by atoms with van der Waals surface area (Å²) < 4.78 is 2.34. The number of para-hydroxylation sites is 1. The average molecular weight is 487 g/mol. The molecule has 2 atom stereocenters. The van der Waals surface area contributed by atoms with Crippen LogP contribution in [0.3, 0.4) is 0 Å². The maximum absolute atomic E-state index is 13.3. The van der Waals surface area contributed by atoms with Crippen LogP contribution in [0.25, 0.3) is 10.9 Å². The predicted molar refractivity (Wildman–Crippen MR) is 153 cm³/mol. The molecule has 3 heteroatoms. The molecule has 3 nitrogen and oxygen atoms in total. The second kappa shape index (κ2) is 11.3. The van der Waals surface area contributed by atoms with Crippen LogP contribution >= 0.6 is 0 Å². The lowest BCUT2D eigenvalue weighted by Crippen LogP contribution is -2.26. The molecule has 0 spiro atoms. The molecule has 186 valence electrons. The molecule has 1 N–H and O–H groups in total. The molecule has 0 saturated heterocycles. The Morgan fingerprint density at radius 2 is 1.43 bits per heavy atom. The fraction of sp³-hybridized carbons (Fsp3) is 0.206. The van der Waals surface area contributed by atoms with E-state index in [-0.39, 0.29) is 17.7 Å². The number of benzene rings is 4. The van der Waals surface area contributed by atoms with Crippen molar-refractivity contribution in [1.82, 2.24) is 9.88 Å². The van der Waals surface area contributed by atoms with Gasteiger partial charge in [-0.2, -0.15) is 0 Å². The molecule has 0 saturated carbocycles. The number of nitrogens with one attached hydrogen (secondary N) is 1. The van der Waals surface area contributed by atoms with E-state index in [4.69, 9.17) is 0 Å². The van der Waals surface area contributed by atoms with Gasteiger partial charge in [0.1, 0.15) is 0 Å². The van der Waals surface area contributed by atoms with E-state index in [1.807, 2.05) is 36.4 Å². The number of amides is 1. The SMILES string of the molecule is Cc1ccc(Cn2cc([C@H](CC(=O)NCc3ccccc3)[C@H](C)c3ccccc3)c3ccccc32)cc1. The molecule has 1 amide bonds. The maximum atomic E-state index is 13.3. The van der Waals surface area contributed by atoms with E-state index in [0.717, 1.165) is 12.1 Å². The Morgan fingerprint density at radius 3 is 2.16 bits per heavy atom. The van der Waals surface area contributed by atoms with Crippen LogP contribution in [0.2, 0.25) is 0 Å². The molecule has 4 aromatic carbocycles. The summed E-state index contributed by atoms with van der Waals surface area (Å²) >= 11 is 0. The Morgan fingerprint density at radius 1 is 0.784 bits per heavy atom. The molecule has 0 bridgehead atoms. The van der Waals surface area contributed by atoms with Crippen LogP contribution in [0.1, 0.15) is 53.0 Å². The first-order valence-corrected chi connectivity index (χ1v) is 13.1. The minimum Gasteiger partial charge on any atom is -0.352 e. The summed E-state index contributed by atoms with van der Waals surface area (Å²) in [5.41, 5.74) is 7.32. The van der Waals surface area contributed by atoms with E-state index in [1.165, 1.54) is 33.2 Å². The molecule has 1 heterocycles. The minimum atomic E-state index is 0.0438. The number of hydrogen-bond acceptors (Lipinski definition) is 1. The molecule has 5 rings (SSSR count). The summed E-state index contributed by atoms with van der Waals surface area (Å²) in [5.74, 6) is 0.302. The zero-order valence-corrected chi connectivity index (χ0v) is 21.6.